The Hall–Kier alpha value is -0.350. The van der Waals surface area contributed by atoms with Gasteiger partial charge in [-0.25, -0.2) is 4.79 Å². The lowest BCUT2D eigenvalue weighted by atomic mass is 11.3. The molecular formula is C3H5O3S. The molecule has 7 heavy (non-hydrogen) atoms. The normalized spacial score (nSPS) is 8.14. The van der Waals surface area contributed by atoms with Crippen molar-refractivity contribution in [3.05, 3.63) is 0 Å². The fourth-order valence-corrected chi connectivity index (χ4v) is 0.155. The molecule has 0 bridgehead atoms. The topological polar surface area (TPSA) is 35.5 Å². The Morgan fingerprint density at radius 3 is 2.57 bits per heavy atom. The molecule has 0 amide bonds. The molecule has 0 saturated heterocycles. The number of hydrogen-bond acceptors (Lipinski definition) is 3. The number of ether oxygens (including phenoxy) is 2. The first kappa shape index (κ1) is 6.65. The summed E-state index contributed by atoms with van der Waals surface area (Å²) in [6.45, 7) is -0.0532. The molecule has 3 nitrogen and oxygen atoms in total. The average molecular weight is 121 g/mol. The smallest absolute Gasteiger partial charge is 0.402 e. The van der Waals surface area contributed by atoms with Crippen LogP contribution < -0.4 is 0 Å². The summed E-state index contributed by atoms with van der Waals surface area (Å²) in [6, 6.07) is 0. The Kier molecular flexibility index (Phi) is 3.64. The first-order chi connectivity index (χ1) is 3.27. The van der Waals surface area contributed by atoms with Crippen LogP contribution in [0, 0.1) is 0 Å². The van der Waals surface area contributed by atoms with Crippen molar-refractivity contribution in [3.63, 3.8) is 0 Å². The minimum absolute atomic E-state index is 0.0532. The zero-order chi connectivity index (χ0) is 5.70. The maximum atomic E-state index is 9.72. The third-order valence-electron chi connectivity index (χ3n) is 0.295. The third-order valence-corrected chi connectivity index (χ3v) is 0.412. The summed E-state index contributed by atoms with van der Waals surface area (Å²) in [6.07, 6.45) is 0. The second-order valence-electron chi connectivity index (χ2n) is 0.801. The SMILES string of the molecule is COCOC(=O)[S]. The highest BCUT2D eigenvalue weighted by molar-refractivity contribution is 7.96. The predicted molar refractivity (Wildman–Crippen MR) is 25.9 cm³/mol. The third kappa shape index (κ3) is 5.65. The molecule has 41 valence electrons. The average Bonchev–Trinajstić information content (AvgIpc) is 1.61. The van der Waals surface area contributed by atoms with Crippen LogP contribution in [0.25, 0.3) is 0 Å². The van der Waals surface area contributed by atoms with Crippen LogP contribution in [0.3, 0.4) is 0 Å². The molecule has 0 saturated carbocycles. The van der Waals surface area contributed by atoms with Crippen molar-refractivity contribution in [3.8, 4) is 0 Å². The van der Waals surface area contributed by atoms with Crippen LogP contribution in [0.2, 0.25) is 0 Å². The Morgan fingerprint density at radius 2 is 2.43 bits per heavy atom. The minimum atomic E-state index is -0.734. The Bertz CT molecular complexity index is 63.2. The van der Waals surface area contributed by atoms with Gasteiger partial charge in [-0.3, -0.25) is 0 Å². The van der Waals surface area contributed by atoms with Crippen molar-refractivity contribution in [2.45, 2.75) is 0 Å². The molecule has 0 fully saturated rings. The van der Waals surface area contributed by atoms with Gasteiger partial charge in [0.05, 0.1) is 0 Å². The molecule has 0 aromatic rings. The van der Waals surface area contributed by atoms with Crippen molar-refractivity contribution in [1.29, 1.82) is 0 Å². The highest BCUT2D eigenvalue weighted by atomic mass is 32.1. The second-order valence-corrected chi connectivity index (χ2v) is 1.13. The van der Waals surface area contributed by atoms with E-state index < -0.39 is 5.30 Å². The van der Waals surface area contributed by atoms with E-state index in [0.717, 1.165) is 0 Å². The molecule has 0 aromatic carbocycles. The van der Waals surface area contributed by atoms with Gasteiger partial charge in [0.2, 0.25) is 0 Å². The molecule has 0 unspecified atom stereocenters. The monoisotopic (exact) mass is 121 g/mol. The van der Waals surface area contributed by atoms with Crippen LogP contribution in [0.15, 0.2) is 0 Å². The summed E-state index contributed by atoms with van der Waals surface area (Å²) in [7, 11) is 1.41. The van der Waals surface area contributed by atoms with Gasteiger partial charge in [-0.05, 0) is 0 Å². The van der Waals surface area contributed by atoms with Gasteiger partial charge < -0.3 is 9.47 Å². The zero-order valence-corrected chi connectivity index (χ0v) is 4.66. The first-order valence-corrected chi connectivity index (χ1v) is 2.01. The number of rotatable bonds is 2. The molecule has 0 aliphatic carbocycles. The molecule has 0 aliphatic rings. The summed E-state index contributed by atoms with van der Waals surface area (Å²) in [4.78, 5) is 9.72. The lowest BCUT2D eigenvalue weighted by Crippen LogP contribution is -1.97. The molecule has 0 rings (SSSR count). The van der Waals surface area contributed by atoms with Crippen LogP contribution in [0.5, 0.6) is 0 Å². The lowest BCUT2D eigenvalue weighted by Gasteiger charge is -1.93. The van der Waals surface area contributed by atoms with E-state index in [9.17, 15) is 4.79 Å². The summed E-state index contributed by atoms with van der Waals surface area (Å²) in [5, 5.41) is -0.734. The maximum Gasteiger partial charge on any atom is 0.402 e. The van der Waals surface area contributed by atoms with Crippen molar-refractivity contribution < 1.29 is 14.3 Å². The molecule has 1 radical (unpaired) electrons. The Labute approximate surface area is 47.0 Å². The summed E-state index contributed by atoms with van der Waals surface area (Å²) >= 11 is 4.00. The molecule has 0 N–H and O–H groups in total. The van der Waals surface area contributed by atoms with Crippen LogP contribution in [-0.4, -0.2) is 19.2 Å². The van der Waals surface area contributed by atoms with Gasteiger partial charge >= 0.3 is 5.30 Å². The molecule has 0 spiro atoms. The van der Waals surface area contributed by atoms with Gasteiger partial charge in [-0.1, -0.05) is 0 Å². The molecule has 0 aromatic heterocycles. The molecule has 0 atom stereocenters. The van der Waals surface area contributed by atoms with Crippen LogP contribution in [0.4, 0.5) is 4.79 Å². The van der Waals surface area contributed by atoms with Crippen molar-refractivity contribution in [1.82, 2.24) is 0 Å². The molecular weight excluding hydrogens is 116 g/mol. The maximum absolute atomic E-state index is 9.72. The van der Waals surface area contributed by atoms with E-state index in [4.69, 9.17) is 0 Å². The van der Waals surface area contributed by atoms with E-state index in [0.29, 0.717) is 0 Å². The van der Waals surface area contributed by atoms with E-state index in [1.165, 1.54) is 7.11 Å². The lowest BCUT2D eigenvalue weighted by molar-refractivity contribution is 0.0244. The zero-order valence-electron chi connectivity index (χ0n) is 3.84. The van der Waals surface area contributed by atoms with Gasteiger partial charge in [0.25, 0.3) is 0 Å². The first-order valence-electron chi connectivity index (χ1n) is 1.60. The standard InChI is InChI=1S/C3H5O3S/c1-5-2-6-3(4)7/h2H2,1H3. The summed E-state index contributed by atoms with van der Waals surface area (Å²) in [5.41, 5.74) is 0. The van der Waals surface area contributed by atoms with E-state index in [1.54, 1.807) is 0 Å². The highest BCUT2D eigenvalue weighted by Gasteiger charge is 1.89. The number of methoxy groups -OCH3 is 1. The van der Waals surface area contributed by atoms with E-state index in [1.807, 2.05) is 0 Å². The fraction of sp³-hybridized carbons (Fsp3) is 0.667. The van der Waals surface area contributed by atoms with Gasteiger partial charge in [0.1, 0.15) is 0 Å². The predicted octanol–water partition coefficient (Wildman–Crippen LogP) is 0.924. The molecule has 0 heterocycles. The van der Waals surface area contributed by atoms with Crippen LogP contribution in [-0.2, 0) is 9.47 Å². The largest absolute Gasteiger partial charge is 0.427 e. The second kappa shape index (κ2) is 3.83. The number of carbonyl (C=O) groups excluding carboxylic acids is 1. The van der Waals surface area contributed by atoms with Gasteiger partial charge in [0.15, 0.2) is 6.79 Å². The van der Waals surface area contributed by atoms with Gasteiger partial charge in [-0.15, -0.1) is 0 Å². The fourth-order valence-electron chi connectivity index (χ4n) is 0.107. The van der Waals surface area contributed by atoms with Crippen LogP contribution in [0.1, 0.15) is 0 Å². The number of hydrogen-bond donors (Lipinski definition) is 0. The highest BCUT2D eigenvalue weighted by Crippen LogP contribution is 1.83. The quantitative estimate of drug-likeness (QED) is 0.402. The summed E-state index contributed by atoms with van der Waals surface area (Å²) < 4.78 is 8.49. The van der Waals surface area contributed by atoms with Gasteiger partial charge in [0, 0.05) is 19.7 Å². The Morgan fingerprint density at radius 1 is 1.86 bits per heavy atom. The van der Waals surface area contributed by atoms with Crippen molar-refractivity contribution in [2.75, 3.05) is 13.9 Å². The van der Waals surface area contributed by atoms with Crippen molar-refractivity contribution >= 4 is 17.9 Å². The van der Waals surface area contributed by atoms with Crippen molar-refractivity contribution in [2.24, 2.45) is 0 Å². The van der Waals surface area contributed by atoms with E-state index in [-0.39, 0.29) is 6.79 Å². The summed E-state index contributed by atoms with van der Waals surface area (Å²) in [5.74, 6) is 0. The van der Waals surface area contributed by atoms with Gasteiger partial charge in [-0.2, -0.15) is 0 Å². The van der Waals surface area contributed by atoms with Crippen LogP contribution >= 0.6 is 12.6 Å². The Balaban J connectivity index is 2.82. The molecule has 4 heteroatoms. The van der Waals surface area contributed by atoms with E-state index >= 15 is 0 Å². The van der Waals surface area contributed by atoms with E-state index in [2.05, 4.69) is 22.1 Å². The molecule has 0 aliphatic heterocycles. The number of carbonyl (C=O) groups is 1. The minimum Gasteiger partial charge on any atom is -0.427 e.